The second-order valence-electron chi connectivity index (χ2n) is 5.95. The van der Waals surface area contributed by atoms with Crippen molar-refractivity contribution in [3.63, 3.8) is 0 Å². The minimum absolute atomic E-state index is 0.120. The van der Waals surface area contributed by atoms with Crippen molar-refractivity contribution in [3.8, 4) is 5.75 Å². The van der Waals surface area contributed by atoms with Crippen molar-refractivity contribution in [2.24, 2.45) is 5.92 Å². The van der Waals surface area contributed by atoms with Crippen molar-refractivity contribution in [1.29, 1.82) is 0 Å². The lowest BCUT2D eigenvalue weighted by molar-refractivity contribution is 0.0963. The van der Waals surface area contributed by atoms with E-state index in [0.29, 0.717) is 22.9 Å². The number of anilines is 1. The summed E-state index contributed by atoms with van der Waals surface area (Å²) in [5.41, 5.74) is 1.06. The number of hydrogen-bond donors (Lipinski definition) is 2. The summed E-state index contributed by atoms with van der Waals surface area (Å²) in [6.07, 6.45) is 3.22. The predicted molar refractivity (Wildman–Crippen MR) is 90.0 cm³/mol. The van der Waals surface area contributed by atoms with Gasteiger partial charge >= 0.3 is 6.03 Å². The maximum Gasteiger partial charge on any atom is 0.321 e. The summed E-state index contributed by atoms with van der Waals surface area (Å²) in [5.74, 6) is 0.944. The zero-order chi connectivity index (χ0) is 16.8. The fraction of sp³-hybridized carbons (Fsp3) is 0.529. The Morgan fingerprint density at radius 3 is 2.74 bits per heavy atom. The molecule has 0 saturated carbocycles. The van der Waals surface area contributed by atoms with Crippen LogP contribution in [0.15, 0.2) is 18.2 Å². The van der Waals surface area contributed by atoms with Gasteiger partial charge in [0.1, 0.15) is 5.75 Å². The summed E-state index contributed by atoms with van der Waals surface area (Å²) in [5, 5.41) is 5.45. The number of amides is 3. The third-order valence-corrected chi connectivity index (χ3v) is 4.24. The molecular weight excluding hydrogens is 294 g/mol. The van der Waals surface area contributed by atoms with Gasteiger partial charge in [0.15, 0.2) is 0 Å². The maximum absolute atomic E-state index is 12.5. The van der Waals surface area contributed by atoms with Gasteiger partial charge in [-0.05, 0) is 43.4 Å². The number of hydrogen-bond acceptors (Lipinski definition) is 3. The van der Waals surface area contributed by atoms with Crippen LogP contribution >= 0.6 is 0 Å². The van der Waals surface area contributed by atoms with E-state index in [0.717, 1.165) is 32.4 Å². The van der Waals surface area contributed by atoms with E-state index in [1.54, 1.807) is 25.2 Å². The highest BCUT2D eigenvalue weighted by molar-refractivity contribution is 5.96. The van der Waals surface area contributed by atoms with Crippen LogP contribution in [0.2, 0.25) is 0 Å². The first-order chi connectivity index (χ1) is 11.0. The Morgan fingerprint density at radius 1 is 1.26 bits per heavy atom. The van der Waals surface area contributed by atoms with E-state index in [2.05, 4.69) is 17.6 Å². The number of methoxy groups -OCH3 is 1. The van der Waals surface area contributed by atoms with Crippen molar-refractivity contribution < 1.29 is 14.3 Å². The fourth-order valence-corrected chi connectivity index (χ4v) is 2.74. The highest BCUT2D eigenvalue weighted by atomic mass is 16.5. The van der Waals surface area contributed by atoms with Crippen LogP contribution in [0.4, 0.5) is 10.5 Å². The van der Waals surface area contributed by atoms with E-state index in [9.17, 15) is 9.59 Å². The Morgan fingerprint density at radius 2 is 2.04 bits per heavy atom. The van der Waals surface area contributed by atoms with Crippen molar-refractivity contribution in [2.45, 2.75) is 26.2 Å². The first kappa shape index (κ1) is 17.1. The maximum atomic E-state index is 12.5. The molecule has 1 atom stereocenters. The van der Waals surface area contributed by atoms with E-state index in [1.165, 1.54) is 7.11 Å². The number of rotatable bonds is 3. The molecule has 1 aliphatic heterocycles. The number of urea groups is 1. The van der Waals surface area contributed by atoms with Crippen molar-refractivity contribution in [2.75, 3.05) is 32.6 Å². The van der Waals surface area contributed by atoms with Gasteiger partial charge in [0.05, 0.1) is 12.8 Å². The molecular formula is C17H25N3O3. The molecule has 1 fully saturated rings. The quantitative estimate of drug-likeness (QED) is 0.900. The van der Waals surface area contributed by atoms with Crippen molar-refractivity contribution in [3.05, 3.63) is 23.8 Å². The lowest BCUT2D eigenvalue weighted by atomic mass is 10.0. The molecule has 6 nitrogen and oxygen atoms in total. The molecule has 2 N–H and O–H groups in total. The average molecular weight is 319 g/mol. The normalized spacial score (nSPS) is 18.0. The Kier molecular flexibility index (Phi) is 5.84. The third kappa shape index (κ3) is 4.37. The highest BCUT2D eigenvalue weighted by Crippen LogP contribution is 2.26. The summed E-state index contributed by atoms with van der Waals surface area (Å²) in [6.45, 7) is 3.77. The summed E-state index contributed by atoms with van der Waals surface area (Å²) >= 11 is 0. The lowest BCUT2D eigenvalue weighted by Crippen LogP contribution is -2.35. The summed E-state index contributed by atoms with van der Waals surface area (Å²) in [6, 6.07) is 4.87. The Bertz CT molecular complexity index is 574. The lowest BCUT2D eigenvalue weighted by Gasteiger charge is -2.22. The van der Waals surface area contributed by atoms with Crippen LogP contribution in [-0.2, 0) is 0 Å². The van der Waals surface area contributed by atoms with Gasteiger partial charge in [0.25, 0.3) is 5.91 Å². The number of ether oxygens (including phenoxy) is 1. The van der Waals surface area contributed by atoms with Gasteiger partial charge in [-0.2, -0.15) is 0 Å². The smallest absolute Gasteiger partial charge is 0.321 e. The van der Waals surface area contributed by atoms with Gasteiger partial charge in [-0.3, -0.25) is 4.79 Å². The minimum Gasteiger partial charge on any atom is -0.495 e. The molecule has 23 heavy (non-hydrogen) atoms. The van der Waals surface area contributed by atoms with Crippen LogP contribution in [0.1, 0.15) is 36.5 Å². The molecule has 0 radical (unpaired) electrons. The molecule has 0 bridgehead atoms. The Balaban J connectivity index is 2.09. The van der Waals surface area contributed by atoms with E-state index < -0.39 is 0 Å². The fourth-order valence-electron chi connectivity index (χ4n) is 2.74. The molecule has 1 saturated heterocycles. The van der Waals surface area contributed by atoms with Crippen LogP contribution < -0.4 is 15.4 Å². The number of carbonyl (C=O) groups excluding carboxylic acids is 2. The number of nitrogens with zero attached hydrogens (tertiary/aromatic N) is 1. The Hall–Kier alpha value is -2.24. The van der Waals surface area contributed by atoms with Crippen LogP contribution in [-0.4, -0.2) is 44.1 Å². The molecule has 3 amide bonds. The molecule has 1 aromatic carbocycles. The molecule has 0 aliphatic carbocycles. The minimum atomic E-state index is -0.192. The molecule has 0 aromatic heterocycles. The summed E-state index contributed by atoms with van der Waals surface area (Å²) < 4.78 is 5.30. The second-order valence-corrected chi connectivity index (χ2v) is 5.95. The SMILES string of the molecule is CNC(=O)c1ccc(NC(=O)N2CCCC(C)CC2)c(OC)c1. The zero-order valence-electron chi connectivity index (χ0n) is 14.0. The molecule has 2 rings (SSSR count). The van der Waals surface area contributed by atoms with E-state index in [4.69, 9.17) is 4.74 Å². The molecule has 1 aliphatic rings. The van der Waals surface area contributed by atoms with Gasteiger partial charge in [-0.1, -0.05) is 6.92 Å². The van der Waals surface area contributed by atoms with Crippen molar-refractivity contribution in [1.82, 2.24) is 10.2 Å². The molecule has 1 heterocycles. The standard InChI is InChI=1S/C17H25N3O3/c1-12-5-4-9-20(10-8-12)17(22)19-14-7-6-13(16(21)18-2)11-15(14)23-3/h6-7,11-12H,4-5,8-10H2,1-3H3,(H,18,21)(H,19,22). The number of likely N-dealkylation sites (tertiary alicyclic amines) is 1. The number of carbonyl (C=O) groups is 2. The van der Waals surface area contributed by atoms with Crippen LogP contribution in [0.3, 0.4) is 0 Å². The topological polar surface area (TPSA) is 70.7 Å². The van der Waals surface area contributed by atoms with E-state index in [-0.39, 0.29) is 11.9 Å². The average Bonchev–Trinajstić information content (AvgIpc) is 2.79. The predicted octanol–water partition coefficient (Wildman–Crippen LogP) is 2.71. The molecule has 0 spiro atoms. The molecule has 126 valence electrons. The van der Waals surface area contributed by atoms with Gasteiger partial charge < -0.3 is 20.3 Å². The monoisotopic (exact) mass is 319 g/mol. The largest absolute Gasteiger partial charge is 0.495 e. The Labute approximate surface area is 137 Å². The van der Waals surface area contributed by atoms with Crippen LogP contribution in [0.5, 0.6) is 5.75 Å². The third-order valence-electron chi connectivity index (χ3n) is 4.24. The van der Waals surface area contributed by atoms with Crippen LogP contribution in [0.25, 0.3) is 0 Å². The summed E-state index contributed by atoms with van der Waals surface area (Å²) in [7, 11) is 3.09. The zero-order valence-corrected chi connectivity index (χ0v) is 14.0. The van der Waals surface area contributed by atoms with Gasteiger partial charge in [0.2, 0.25) is 0 Å². The number of nitrogens with one attached hydrogen (secondary N) is 2. The first-order valence-corrected chi connectivity index (χ1v) is 8.01. The second kappa shape index (κ2) is 7.85. The highest BCUT2D eigenvalue weighted by Gasteiger charge is 2.19. The van der Waals surface area contributed by atoms with Crippen LogP contribution in [0, 0.1) is 5.92 Å². The molecule has 1 aromatic rings. The molecule has 1 unspecified atom stereocenters. The molecule has 6 heteroatoms. The van der Waals surface area contributed by atoms with Crippen molar-refractivity contribution >= 4 is 17.6 Å². The van der Waals surface area contributed by atoms with Gasteiger partial charge in [-0.15, -0.1) is 0 Å². The summed E-state index contributed by atoms with van der Waals surface area (Å²) in [4.78, 5) is 26.0. The van der Waals surface area contributed by atoms with E-state index in [1.807, 2.05) is 4.90 Å². The van der Waals surface area contributed by atoms with Gasteiger partial charge in [-0.25, -0.2) is 4.79 Å². The van der Waals surface area contributed by atoms with Gasteiger partial charge in [0, 0.05) is 25.7 Å². The first-order valence-electron chi connectivity index (χ1n) is 8.01. The number of benzene rings is 1. The van der Waals surface area contributed by atoms with E-state index >= 15 is 0 Å².